The zero-order valence-electron chi connectivity index (χ0n) is 14.9. The van der Waals surface area contributed by atoms with E-state index in [1.165, 1.54) is 0 Å². The molecule has 5 rings (SSSR count). The van der Waals surface area contributed by atoms with Crippen LogP contribution in [0.4, 0.5) is 0 Å². The Hall–Kier alpha value is -3.24. The predicted molar refractivity (Wildman–Crippen MR) is 111 cm³/mol. The lowest BCUT2D eigenvalue weighted by Crippen LogP contribution is -2.16. The molecule has 3 aromatic carbocycles. The van der Waals surface area contributed by atoms with Gasteiger partial charge in [-0.05, 0) is 29.3 Å². The first-order valence-electron chi connectivity index (χ1n) is 9.02. The Morgan fingerprint density at radius 2 is 1.50 bits per heavy atom. The summed E-state index contributed by atoms with van der Waals surface area (Å²) in [5.74, 6) is 1.24. The van der Waals surface area contributed by atoms with E-state index in [0.29, 0.717) is 46.2 Å². The molecule has 0 atom stereocenters. The summed E-state index contributed by atoms with van der Waals surface area (Å²) in [5.41, 5.74) is 3.76. The maximum Gasteiger partial charge on any atom is 0.197 e. The summed E-state index contributed by atoms with van der Waals surface area (Å²) in [6.45, 7) is 0.972. The summed E-state index contributed by atoms with van der Waals surface area (Å²) in [7, 11) is 0. The van der Waals surface area contributed by atoms with Crippen LogP contribution >= 0.6 is 11.6 Å². The highest BCUT2D eigenvalue weighted by molar-refractivity contribution is 6.30. The number of hydrogen-bond acceptors (Lipinski definition) is 3. The average Bonchev–Trinajstić information content (AvgIpc) is 2.74. The molecule has 0 aliphatic carbocycles. The zero-order chi connectivity index (χ0) is 19.1. The summed E-state index contributed by atoms with van der Waals surface area (Å²) in [6.07, 6.45) is 0. The van der Waals surface area contributed by atoms with E-state index < -0.39 is 0 Å². The number of pyridine rings is 1. The van der Waals surface area contributed by atoms with Crippen LogP contribution in [0.2, 0.25) is 5.02 Å². The van der Waals surface area contributed by atoms with E-state index >= 15 is 0 Å². The van der Waals surface area contributed by atoms with Gasteiger partial charge >= 0.3 is 0 Å². The molecule has 2 heterocycles. The Morgan fingerprint density at radius 1 is 0.821 bits per heavy atom. The first kappa shape index (κ1) is 16.9. The first-order valence-corrected chi connectivity index (χ1v) is 9.39. The van der Waals surface area contributed by atoms with E-state index in [2.05, 4.69) is 4.98 Å². The van der Waals surface area contributed by atoms with Gasteiger partial charge in [-0.1, -0.05) is 54.1 Å². The molecule has 28 heavy (non-hydrogen) atoms. The number of aromatic amines is 1. The van der Waals surface area contributed by atoms with E-state index in [1.54, 1.807) is 6.07 Å². The number of H-pyrrole nitrogens is 1. The maximum atomic E-state index is 13.5. The zero-order valence-corrected chi connectivity index (χ0v) is 15.6. The molecule has 4 aromatic rings. The Kier molecular flexibility index (Phi) is 4.06. The normalized spacial score (nSPS) is 12.9. The standard InChI is InChI=1S/C23H16ClNO3/c24-16-8-6-15(7-9-16)22-21(14-4-2-1-3-5-14)23(26)17-12-19-20(13-18(17)25-22)28-11-10-27-19/h1-9,12-13H,10-11H2,(H,25,26). The molecule has 0 amide bonds. The monoisotopic (exact) mass is 389 g/mol. The van der Waals surface area contributed by atoms with Crippen molar-refractivity contribution in [1.29, 1.82) is 0 Å². The van der Waals surface area contributed by atoms with Crippen molar-refractivity contribution in [2.45, 2.75) is 0 Å². The Balaban J connectivity index is 1.85. The molecule has 1 N–H and O–H groups in total. The van der Waals surface area contributed by atoms with E-state index in [-0.39, 0.29) is 5.43 Å². The smallest absolute Gasteiger partial charge is 0.197 e. The van der Waals surface area contributed by atoms with Crippen molar-refractivity contribution in [3.05, 3.63) is 82.0 Å². The number of nitrogens with one attached hydrogen (secondary N) is 1. The molecule has 0 unspecified atom stereocenters. The molecule has 0 saturated carbocycles. The average molecular weight is 390 g/mol. The van der Waals surface area contributed by atoms with E-state index in [0.717, 1.165) is 16.8 Å². The summed E-state index contributed by atoms with van der Waals surface area (Å²) in [5, 5.41) is 1.22. The van der Waals surface area contributed by atoms with Crippen molar-refractivity contribution in [3.63, 3.8) is 0 Å². The van der Waals surface area contributed by atoms with Gasteiger partial charge in [-0.15, -0.1) is 0 Å². The molecule has 138 valence electrons. The van der Waals surface area contributed by atoms with Crippen LogP contribution in [0, 0.1) is 0 Å². The fourth-order valence-corrected chi connectivity index (χ4v) is 3.66. The molecule has 0 bridgehead atoms. The van der Waals surface area contributed by atoms with Crippen molar-refractivity contribution >= 4 is 22.5 Å². The SMILES string of the molecule is O=c1c(-c2ccccc2)c(-c2ccc(Cl)cc2)[nH]c2cc3c(cc12)OCCO3. The maximum absolute atomic E-state index is 13.5. The minimum absolute atomic E-state index is 0.0538. The molecule has 0 radical (unpaired) electrons. The topological polar surface area (TPSA) is 51.3 Å². The summed E-state index contributed by atoms with van der Waals surface area (Å²) < 4.78 is 11.4. The van der Waals surface area contributed by atoms with Crippen molar-refractivity contribution in [3.8, 4) is 33.9 Å². The number of benzene rings is 3. The predicted octanol–water partition coefficient (Wildman–Crippen LogP) is 5.29. The van der Waals surface area contributed by atoms with Crippen LogP contribution < -0.4 is 14.9 Å². The van der Waals surface area contributed by atoms with Crippen LogP contribution in [-0.4, -0.2) is 18.2 Å². The molecule has 0 fully saturated rings. The molecule has 0 saturated heterocycles. The number of fused-ring (bicyclic) bond motifs is 2. The third kappa shape index (κ3) is 2.83. The van der Waals surface area contributed by atoms with Crippen LogP contribution in [0.15, 0.2) is 71.5 Å². The van der Waals surface area contributed by atoms with E-state index in [1.807, 2.05) is 60.7 Å². The van der Waals surface area contributed by atoms with Crippen LogP contribution in [0.25, 0.3) is 33.3 Å². The molecule has 4 nitrogen and oxygen atoms in total. The fourth-order valence-electron chi connectivity index (χ4n) is 3.54. The minimum atomic E-state index is -0.0538. The van der Waals surface area contributed by atoms with Gasteiger partial charge in [0.15, 0.2) is 16.9 Å². The van der Waals surface area contributed by atoms with Gasteiger partial charge in [0.05, 0.1) is 22.2 Å². The fraction of sp³-hybridized carbons (Fsp3) is 0.0870. The van der Waals surface area contributed by atoms with Crippen LogP contribution in [0.1, 0.15) is 0 Å². The second kappa shape index (κ2) is 6.73. The number of rotatable bonds is 2. The highest BCUT2D eigenvalue weighted by Gasteiger charge is 2.19. The molecule has 5 heteroatoms. The second-order valence-corrected chi connectivity index (χ2v) is 7.05. The molecular weight excluding hydrogens is 374 g/mol. The van der Waals surface area contributed by atoms with Crippen molar-refractivity contribution in [2.75, 3.05) is 13.2 Å². The molecule has 0 spiro atoms. The Morgan fingerprint density at radius 3 is 2.21 bits per heavy atom. The summed E-state index contributed by atoms with van der Waals surface area (Å²) >= 11 is 6.06. The van der Waals surface area contributed by atoms with Crippen LogP contribution in [0.5, 0.6) is 11.5 Å². The van der Waals surface area contributed by atoms with Gasteiger partial charge in [-0.3, -0.25) is 4.79 Å². The van der Waals surface area contributed by atoms with Gasteiger partial charge in [-0.25, -0.2) is 0 Å². The lowest BCUT2D eigenvalue weighted by Gasteiger charge is -2.19. The highest BCUT2D eigenvalue weighted by atomic mass is 35.5. The lowest BCUT2D eigenvalue weighted by atomic mass is 9.96. The van der Waals surface area contributed by atoms with Gasteiger partial charge in [-0.2, -0.15) is 0 Å². The van der Waals surface area contributed by atoms with Crippen LogP contribution in [-0.2, 0) is 0 Å². The van der Waals surface area contributed by atoms with E-state index in [9.17, 15) is 4.79 Å². The molecular formula is C23H16ClNO3. The van der Waals surface area contributed by atoms with Gasteiger partial charge in [0.1, 0.15) is 13.2 Å². The quantitative estimate of drug-likeness (QED) is 0.507. The molecule has 1 aliphatic rings. The second-order valence-electron chi connectivity index (χ2n) is 6.62. The summed E-state index contributed by atoms with van der Waals surface area (Å²) in [4.78, 5) is 17.0. The van der Waals surface area contributed by atoms with Crippen molar-refractivity contribution < 1.29 is 9.47 Å². The van der Waals surface area contributed by atoms with Gasteiger partial charge in [0, 0.05) is 11.1 Å². The lowest BCUT2D eigenvalue weighted by molar-refractivity contribution is 0.172. The third-order valence-electron chi connectivity index (χ3n) is 4.86. The number of aromatic nitrogens is 1. The Bertz CT molecular complexity index is 1230. The van der Waals surface area contributed by atoms with E-state index in [4.69, 9.17) is 21.1 Å². The molecule has 1 aliphatic heterocycles. The van der Waals surface area contributed by atoms with Gasteiger partial charge in [0.2, 0.25) is 0 Å². The van der Waals surface area contributed by atoms with Gasteiger partial charge < -0.3 is 14.5 Å². The third-order valence-corrected chi connectivity index (χ3v) is 5.11. The number of hydrogen-bond donors (Lipinski definition) is 1. The van der Waals surface area contributed by atoms with Crippen molar-refractivity contribution in [2.24, 2.45) is 0 Å². The summed E-state index contributed by atoms with van der Waals surface area (Å²) in [6, 6.07) is 20.7. The number of halogens is 1. The largest absolute Gasteiger partial charge is 0.486 e. The minimum Gasteiger partial charge on any atom is -0.486 e. The van der Waals surface area contributed by atoms with Crippen molar-refractivity contribution in [1.82, 2.24) is 4.98 Å². The number of ether oxygens (including phenoxy) is 2. The Labute approximate surface area is 166 Å². The molecule has 1 aromatic heterocycles. The highest BCUT2D eigenvalue weighted by Crippen LogP contribution is 2.36. The first-order chi connectivity index (χ1) is 13.7. The van der Waals surface area contributed by atoms with Gasteiger partial charge in [0.25, 0.3) is 0 Å². The van der Waals surface area contributed by atoms with Crippen LogP contribution in [0.3, 0.4) is 0 Å².